The van der Waals surface area contributed by atoms with Crippen LogP contribution in [0.25, 0.3) is 10.9 Å². The summed E-state index contributed by atoms with van der Waals surface area (Å²) in [5, 5.41) is 14.1. The topological polar surface area (TPSA) is 70.0 Å². The van der Waals surface area contributed by atoms with Crippen LogP contribution in [0.2, 0.25) is 0 Å². The molecule has 1 aromatic carbocycles. The first-order valence-corrected chi connectivity index (χ1v) is 10.5. The Kier molecular flexibility index (Phi) is 6.20. The van der Waals surface area contributed by atoms with Gasteiger partial charge in [0.05, 0.1) is 12.7 Å². The van der Waals surface area contributed by atoms with Crippen LogP contribution in [0.1, 0.15) is 18.9 Å². The highest BCUT2D eigenvalue weighted by Gasteiger charge is 2.38. The summed E-state index contributed by atoms with van der Waals surface area (Å²) in [7, 11) is 1.63. The van der Waals surface area contributed by atoms with Crippen molar-refractivity contribution >= 4 is 16.8 Å². The van der Waals surface area contributed by atoms with Crippen molar-refractivity contribution in [3.63, 3.8) is 0 Å². The number of ether oxygens (including phenoxy) is 1. The maximum atomic E-state index is 12.3. The Labute approximate surface area is 172 Å². The molecule has 158 valence electrons. The number of piperazine rings is 1. The molecule has 1 aromatic heterocycles. The first kappa shape index (κ1) is 20.3. The molecule has 0 radical (unpaired) electrons. The molecule has 0 bridgehead atoms. The van der Waals surface area contributed by atoms with E-state index in [4.69, 9.17) is 4.74 Å². The Morgan fingerprint density at radius 2 is 2.10 bits per heavy atom. The molecule has 7 nitrogen and oxygen atoms in total. The fourth-order valence-electron chi connectivity index (χ4n) is 4.80. The molecule has 2 aliphatic rings. The standard InChI is InChI=1S/C22H32N4O3/c1-16-10-25-14-19(27)9-18(25)13-24(16)11-17-12-26(15-22(28)23-7-8-29-2)21-6-4-3-5-20(17)21/h3-6,12,16,18-19,27H,7-11,13-15H2,1-2H3,(H,23,28)/t16-,18?,19-/m1/s1. The van der Waals surface area contributed by atoms with Crippen molar-refractivity contribution < 1.29 is 14.6 Å². The van der Waals surface area contributed by atoms with Crippen LogP contribution >= 0.6 is 0 Å². The maximum absolute atomic E-state index is 12.3. The Morgan fingerprint density at radius 1 is 1.28 bits per heavy atom. The lowest BCUT2D eigenvalue weighted by Crippen LogP contribution is -2.54. The molecule has 4 rings (SSSR count). The van der Waals surface area contributed by atoms with E-state index in [0.29, 0.717) is 31.8 Å². The number of aromatic nitrogens is 1. The number of nitrogens with one attached hydrogen (secondary N) is 1. The molecule has 2 aliphatic heterocycles. The number of methoxy groups -OCH3 is 1. The average Bonchev–Trinajstić information content (AvgIpc) is 3.22. The predicted molar refractivity (Wildman–Crippen MR) is 113 cm³/mol. The third kappa shape index (κ3) is 4.48. The second-order valence-electron chi connectivity index (χ2n) is 8.42. The number of carbonyl (C=O) groups excluding carboxylic acids is 1. The van der Waals surface area contributed by atoms with E-state index in [2.05, 4.69) is 46.4 Å². The fraction of sp³-hybridized carbons (Fsp3) is 0.591. The normalized spacial score (nSPS) is 25.4. The van der Waals surface area contributed by atoms with Gasteiger partial charge in [-0.1, -0.05) is 18.2 Å². The molecular weight excluding hydrogens is 368 g/mol. The van der Waals surface area contributed by atoms with Crippen molar-refractivity contribution in [3.05, 3.63) is 36.0 Å². The van der Waals surface area contributed by atoms with Crippen molar-refractivity contribution in [2.45, 2.75) is 44.6 Å². The summed E-state index contributed by atoms with van der Waals surface area (Å²) in [6.45, 7) is 7.27. The molecule has 3 atom stereocenters. The monoisotopic (exact) mass is 400 g/mol. The number of aliphatic hydroxyl groups is 1. The van der Waals surface area contributed by atoms with E-state index in [1.54, 1.807) is 7.11 Å². The number of amides is 1. The summed E-state index contributed by atoms with van der Waals surface area (Å²) in [4.78, 5) is 17.3. The Morgan fingerprint density at radius 3 is 2.93 bits per heavy atom. The van der Waals surface area contributed by atoms with Crippen LogP contribution in [0, 0.1) is 0 Å². The lowest BCUT2D eigenvalue weighted by atomic mass is 10.1. The molecule has 0 spiro atoms. The maximum Gasteiger partial charge on any atom is 0.240 e. The first-order chi connectivity index (χ1) is 14.0. The molecule has 2 N–H and O–H groups in total. The van der Waals surface area contributed by atoms with E-state index in [9.17, 15) is 9.90 Å². The van der Waals surface area contributed by atoms with Gasteiger partial charge in [-0.2, -0.15) is 0 Å². The van der Waals surface area contributed by atoms with Crippen LogP contribution in [-0.2, 0) is 22.6 Å². The number of hydrogen-bond donors (Lipinski definition) is 2. The van der Waals surface area contributed by atoms with Gasteiger partial charge < -0.3 is 19.7 Å². The number of benzene rings is 1. The van der Waals surface area contributed by atoms with Gasteiger partial charge in [0.15, 0.2) is 0 Å². The van der Waals surface area contributed by atoms with E-state index in [1.807, 2.05) is 10.6 Å². The molecule has 0 aliphatic carbocycles. The predicted octanol–water partition coefficient (Wildman–Crippen LogP) is 1.04. The zero-order chi connectivity index (χ0) is 20.4. The SMILES string of the molecule is COCCNC(=O)Cn1cc(CN2CC3C[C@@H](O)CN3C[C@H]2C)c2ccccc21. The van der Waals surface area contributed by atoms with Crippen LogP contribution in [0.15, 0.2) is 30.5 Å². The summed E-state index contributed by atoms with van der Waals surface area (Å²) in [5.41, 5.74) is 2.34. The van der Waals surface area contributed by atoms with Crippen LogP contribution in [0.3, 0.4) is 0 Å². The number of nitrogens with zero attached hydrogens (tertiary/aromatic N) is 3. The van der Waals surface area contributed by atoms with Crippen molar-refractivity contribution in [2.24, 2.45) is 0 Å². The quantitative estimate of drug-likeness (QED) is 0.680. The second-order valence-corrected chi connectivity index (χ2v) is 8.42. The van der Waals surface area contributed by atoms with E-state index in [0.717, 1.165) is 38.1 Å². The summed E-state index contributed by atoms with van der Waals surface area (Å²) in [6.07, 6.45) is 2.81. The summed E-state index contributed by atoms with van der Waals surface area (Å²) >= 11 is 0. The number of para-hydroxylation sites is 1. The van der Waals surface area contributed by atoms with Gasteiger partial charge in [-0.05, 0) is 25.0 Å². The van der Waals surface area contributed by atoms with Gasteiger partial charge in [0, 0.05) is 69.0 Å². The smallest absolute Gasteiger partial charge is 0.240 e. The van der Waals surface area contributed by atoms with Crippen LogP contribution in [0.5, 0.6) is 0 Å². The molecular formula is C22H32N4O3. The number of aliphatic hydroxyl groups excluding tert-OH is 1. The minimum Gasteiger partial charge on any atom is -0.392 e. The van der Waals surface area contributed by atoms with E-state index < -0.39 is 0 Å². The molecule has 2 saturated heterocycles. The molecule has 1 amide bonds. The molecule has 2 fully saturated rings. The van der Waals surface area contributed by atoms with Crippen LogP contribution in [0.4, 0.5) is 0 Å². The highest BCUT2D eigenvalue weighted by molar-refractivity contribution is 5.86. The number of rotatable bonds is 7. The Balaban J connectivity index is 1.50. The summed E-state index contributed by atoms with van der Waals surface area (Å²) in [6, 6.07) is 9.19. The summed E-state index contributed by atoms with van der Waals surface area (Å²) < 4.78 is 7.05. The van der Waals surface area contributed by atoms with Crippen molar-refractivity contribution in [2.75, 3.05) is 39.9 Å². The second kappa shape index (κ2) is 8.83. The molecule has 7 heteroatoms. The third-order valence-electron chi connectivity index (χ3n) is 6.26. The van der Waals surface area contributed by atoms with Crippen LogP contribution < -0.4 is 5.32 Å². The highest BCUT2D eigenvalue weighted by Crippen LogP contribution is 2.28. The Hall–Kier alpha value is -1.93. The zero-order valence-corrected chi connectivity index (χ0v) is 17.4. The lowest BCUT2D eigenvalue weighted by molar-refractivity contribution is -0.121. The molecule has 2 aromatic rings. The van der Waals surface area contributed by atoms with Crippen molar-refractivity contribution in [1.82, 2.24) is 19.7 Å². The minimum absolute atomic E-state index is 0.00345. The van der Waals surface area contributed by atoms with Crippen LogP contribution in [-0.4, -0.2) is 83.5 Å². The number of hydrogen-bond acceptors (Lipinski definition) is 5. The van der Waals surface area contributed by atoms with Gasteiger partial charge in [0.1, 0.15) is 6.54 Å². The number of fused-ring (bicyclic) bond motifs is 2. The first-order valence-electron chi connectivity index (χ1n) is 10.5. The number of carbonyl (C=O) groups is 1. The molecule has 0 saturated carbocycles. The van der Waals surface area contributed by atoms with Gasteiger partial charge in [-0.25, -0.2) is 0 Å². The van der Waals surface area contributed by atoms with Gasteiger partial charge in [0.2, 0.25) is 5.91 Å². The Bertz CT molecular complexity index is 852. The van der Waals surface area contributed by atoms with Gasteiger partial charge in [0.25, 0.3) is 0 Å². The van der Waals surface area contributed by atoms with Gasteiger partial charge in [-0.15, -0.1) is 0 Å². The molecule has 29 heavy (non-hydrogen) atoms. The van der Waals surface area contributed by atoms with Gasteiger partial charge >= 0.3 is 0 Å². The summed E-state index contributed by atoms with van der Waals surface area (Å²) in [5.74, 6) is -0.00345. The third-order valence-corrected chi connectivity index (χ3v) is 6.26. The van der Waals surface area contributed by atoms with Gasteiger partial charge in [-0.3, -0.25) is 14.6 Å². The van der Waals surface area contributed by atoms with E-state index in [1.165, 1.54) is 10.9 Å². The van der Waals surface area contributed by atoms with E-state index >= 15 is 0 Å². The van der Waals surface area contributed by atoms with Crippen molar-refractivity contribution in [3.8, 4) is 0 Å². The minimum atomic E-state index is -0.189. The fourth-order valence-corrected chi connectivity index (χ4v) is 4.80. The van der Waals surface area contributed by atoms with E-state index in [-0.39, 0.29) is 12.0 Å². The molecule has 3 heterocycles. The largest absolute Gasteiger partial charge is 0.392 e. The average molecular weight is 401 g/mol. The van der Waals surface area contributed by atoms with Crippen molar-refractivity contribution in [1.29, 1.82) is 0 Å². The zero-order valence-electron chi connectivity index (χ0n) is 17.4. The highest BCUT2D eigenvalue weighted by atomic mass is 16.5. The molecule has 1 unspecified atom stereocenters. The lowest BCUT2D eigenvalue weighted by Gasteiger charge is -2.42.